The van der Waals surface area contributed by atoms with E-state index in [2.05, 4.69) is 17.1 Å². The van der Waals surface area contributed by atoms with Crippen LogP contribution in [0.5, 0.6) is 5.75 Å². The minimum atomic E-state index is -0.762. The van der Waals surface area contributed by atoms with E-state index in [0.29, 0.717) is 38.8 Å². The number of hydrogen-bond donors (Lipinski definition) is 1. The second kappa shape index (κ2) is 8.86. The van der Waals surface area contributed by atoms with Gasteiger partial charge in [-0.2, -0.15) is 0 Å². The summed E-state index contributed by atoms with van der Waals surface area (Å²) in [5, 5.41) is 3.00. The first-order valence-corrected chi connectivity index (χ1v) is 11.2. The van der Waals surface area contributed by atoms with Gasteiger partial charge in [0.1, 0.15) is 11.3 Å². The Morgan fingerprint density at radius 2 is 1.87 bits per heavy atom. The van der Waals surface area contributed by atoms with Gasteiger partial charge in [0.2, 0.25) is 5.91 Å². The molecule has 3 fully saturated rings. The Morgan fingerprint density at radius 3 is 2.52 bits per heavy atom. The molecule has 3 aliphatic heterocycles. The summed E-state index contributed by atoms with van der Waals surface area (Å²) in [6.45, 7) is 5.79. The van der Waals surface area contributed by atoms with Crippen LogP contribution < -0.4 is 10.1 Å². The average molecular weight is 429 g/mol. The highest BCUT2D eigenvalue weighted by Gasteiger charge is 2.54. The molecule has 0 unspecified atom stereocenters. The van der Waals surface area contributed by atoms with Gasteiger partial charge in [0, 0.05) is 26.2 Å². The van der Waals surface area contributed by atoms with Gasteiger partial charge in [0.05, 0.1) is 19.6 Å². The van der Waals surface area contributed by atoms with Gasteiger partial charge in [-0.05, 0) is 49.9 Å². The van der Waals surface area contributed by atoms with Crippen LogP contribution in [0.15, 0.2) is 24.3 Å². The summed E-state index contributed by atoms with van der Waals surface area (Å²) < 4.78 is 5.16. The highest BCUT2D eigenvalue weighted by atomic mass is 16.5. The number of amides is 4. The molecule has 1 atom stereocenters. The minimum Gasteiger partial charge on any atom is -0.497 e. The average Bonchev–Trinajstić information content (AvgIpc) is 3.34. The van der Waals surface area contributed by atoms with Crippen LogP contribution in [0, 0.1) is 0 Å². The lowest BCUT2D eigenvalue weighted by Crippen LogP contribution is -2.55. The van der Waals surface area contributed by atoms with Gasteiger partial charge in [-0.15, -0.1) is 0 Å². The lowest BCUT2D eigenvalue weighted by atomic mass is 9.87. The number of nitrogens with one attached hydrogen (secondary N) is 1. The second-order valence-corrected chi connectivity index (χ2v) is 8.84. The molecule has 0 aromatic heterocycles. The molecular formula is C23H32N4O4. The Bertz CT molecular complexity index is 832. The van der Waals surface area contributed by atoms with Gasteiger partial charge in [0.15, 0.2) is 0 Å². The number of methoxy groups -OCH3 is 1. The van der Waals surface area contributed by atoms with Gasteiger partial charge < -0.3 is 19.9 Å². The van der Waals surface area contributed by atoms with E-state index in [0.717, 1.165) is 37.4 Å². The summed E-state index contributed by atoms with van der Waals surface area (Å²) in [6.07, 6.45) is 3.32. The molecule has 8 heteroatoms. The number of likely N-dealkylation sites (tertiary alicyclic amines) is 2. The monoisotopic (exact) mass is 428 g/mol. The smallest absolute Gasteiger partial charge is 0.325 e. The Balaban J connectivity index is 1.35. The van der Waals surface area contributed by atoms with Crippen molar-refractivity contribution in [2.45, 2.75) is 50.6 Å². The van der Waals surface area contributed by atoms with Crippen molar-refractivity contribution in [3.05, 3.63) is 29.8 Å². The molecule has 4 amide bonds. The van der Waals surface area contributed by atoms with Gasteiger partial charge in [-0.25, -0.2) is 4.79 Å². The first-order chi connectivity index (χ1) is 15.0. The molecule has 3 heterocycles. The van der Waals surface area contributed by atoms with Crippen molar-refractivity contribution in [2.75, 3.05) is 39.8 Å². The molecule has 1 aromatic carbocycles. The molecule has 1 spiro atoms. The molecule has 3 saturated heterocycles. The quantitative estimate of drug-likeness (QED) is 0.697. The number of urea groups is 1. The zero-order chi connectivity index (χ0) is 22.0. The van der Waals surface area contributed by atoms with Crippen molar-refractivity contribution in [1.82, 2.24) is 20.0 Å². The van der Waals surface area contributed by atoms with Crippen LogP contribution >= 0.6 is 0 Å². The topological polar surface area (TPSA) is 82.2 Å². The molecule has 31 heavy (non-hydrogen) atoms. The molecule has 0 radical (unpaired) electrons. The first-order valence-electron chi connectivity index (χ1n) is 11.2. The van der Waals surface area contributed by atoms with Crippen LogP contribution in [0.3, 0.4) is 0 Å². The molecule has 0 aliphatic carbocycles. The van der Waals surface area contributed by atoms with Gasteiger partial charge >= 0.3 is 6.03 Å². The third-order valence-corrected chi connectivity index (χ3v) is 6.84. The highest BCUT2D eigenvalue weighted by Crippen LogP contribution is 2.32. The van der Waals surface area contributed by atoms with Crippen molar-refractivity contribution in [1.29, 1.82) is 0 Å². The van der Waals surface area contributed by atoms with Crippen LogP contribution in [0.25, 0.3) is 0 Å². The van der Waals surface area contributed by atoms with Crippen molar-refractivity contribution in [3.63, 3.8) is 0 Å². The van der Waals surface area contributed by atoms with Crippen LogP contribution in [0.4, 0.5) is 4.79 Å². The van der Waals surface area contributed by atoms with Crippen molar-refractivity contribution in [3.8, 4) is 5.75 Å². The van der Waals surface area contributed by atoms with E-state index in [1.54, 1.807) is 12.0 Å². The van der Waals surface area contributed by atoms with E-state index >= 15 is 0 Å². The predicted molar refractivity (Wildman–Crippen MR) is 116 cm³/mol. The summed E-state index contributed by atoms with van der Waals surface area (Å²) in [6, 6.07) is 6.90. The maximum atomic E-state index is 13.3. The first kappa shape index (κ1) is 21.6. The largest absolute Gasteiger partial charge is 0.497 e. The second-order valence-electron chi connectivity index (χ2n) is 8.84. The normalized spacial score (nSPS) is 23.5. The lowest BCUT2D eigenvalue weighted by Gasteiger charge is -2.37. The minimum absolute atomic E-state index is 0.0160. The molecule has 1 aromatic rings. The van der Waals surface area contributed by atoms with Gasteiger partial charge in [0.25, 0.3) is 5.91 Å². The number of carbonyl (C=O) groups excluding carboxylic acids is 3. The number of hydrogen-bond acceptors (Lipinski definition) is 5. The Morgan fingerprint density at radius 1 is 1.16 bits per heavy atom. The summed E-state index contributed by atoms with van der Waals surface area (Å²) in [4.78, 5) is 44.3. The zero-order valence-corrected chi connectivity index (χ0v) is 18.4. The maximum absolute atomic E-state index is 13.3. The fourth-order valence-electron chi connectivity index (χ4n) is 5.00. The number of nitrogens with zero attached hydrogens (tertiary/aromatic N) is 3. The molecule has 4 rings (SSSR count). The zero-order valence-electron chi connectivity index (χ0n) is 18.4. The van der Waals surface area contributed by atoms with Crippen molar-refractivity contribution < 1.29 is 19.1 Å². The number of piperidine rings is 1. The van der Waals surface area contributed by atoms with Crippen LogP contribution in [-0.4, -0.2) is 84.0 Å². The van der Waals surface area contributed by atoms with E-state index in [1.165, 1.54) is 4.90 Å². The Hall–Kier alpha value is -2.61. The van der Waals surface area contributed by atoms with Crippen LogP contribution in [0.1, 0.15) is 38.2 Å². The third-order valence-electron chi connectivity index (χ3n) is 6.84. The van der Waals surface area contributed by atoms with E-state index in [-0.39, 0.29) is 23.9 Å². The maximum Gasteiger partial charge on any atom is 0.325 e. The lowest BCUT2D eigenvalue weighted by molar-refractivity contribution is -0.135. The van der Waals surface area contributed by atoms with E-state index in [1.807, 2.05) is 24.3 Å². The van der Waals surface area contributed by atoms with Gasteiger partial charge in [-0.3, -0.25) is 14.5 Å². The summed E-state index contributed by atoms with van der Waals surface area (Å²) >= 11 is 0. The van der Waals surface area contributed by atoms with Crippen molar-refractivity contribution in [2.24, 2.45) is 0 Å². The Kier molecular flexibility index (Phi) is 6.18. The molecule has 3 aliphatic rings. The summed E-state index contributed by atoms with van der Waals surface area (Å²) in [5.41, 5.74) is 0.156. The highest BCUT2D eigenvalue weighted by molar-refractivity contribution is 6.07. The Labute approximate surface area is 183 Å². The number of benzene rings is 1. The number of imide groups is 1. The standard InChI is InChI=1S/C23H32N4O4/c1-3-11-25-13-9-23(10-14-25)21(29)27(22(30)24-23)18-8-12-26(16-18)20(28)15-17-4-6-19(31-2)7-5-17/h4-7,18H,3,8-16H2,1-2H3,(H,24,30)/t18-/m1/s1. The van der Waals surface area contributed by atoms with Crippen LogP contribution in [-0.2, 0) is 16.0 Å². The molecule has 8 nitrogen and oxygen atoms in total. The molecule has 168 valence electrons. The van der Waals surface area contributed by atoms with E-state index in [9.17, 15) is 14.4 Å². The van der Waals surface area contributed by atoms with E-state index < -0.39 is 5.54 Å². The molecular weight excluding hydrogens is 396 g/mol. The molecule has 0 bridgehead atoms. The molecule has 0 saturated carbocycles. The summed E-state index contributed by atoms with van der Waals surface area (Å²) in [5.74, 6) is 0.663. The fourth-order valence-corrected chi connectivity index (χ4v) is 5.00. The predicted octanol–water partition coefficient (Wildman–Crippen LogP) is 1.63. The van der Waals surface area contributed by atoms with Crippen molar-refractivity contribution >= 4 is 17.8 Å². The molecule has 1 N–H and O–H groups in total. The van der Waals surface area contributed by atoms with Crippen LogP contribution in [0.2, 0.25) is 0 Å². The number of carbonyl (C=O) groups is 3. The number of rotatable bonds is 6. The summed E-state index contributed by atoms with van der Waals surface area (Å²) in [7, 11) is 1.61. The van der Waals surface area contributed by atoms with E-state index in [4.69, 9.17) is 4.74 Å². The van der Waals surface area contributed by atoms with Gasteiger partial charge in [-0.1, -0.05) is 19.1 Å². The fraction of sp³-hybridized carbons (Fsp3) is 0.609. The SMILES string of the molecule is CCCN1CCC2(CC1)NC(=O)N([C@@H]1CCN(C(=O)Cc3ccc(OC)cc3)C1)C2=O. The number of ether oxygens (including phenoxy) is 1. The third kappa shape index (κ3) is 4.26.